The van der Waals surface area contributed by atoms with Crippen molar-refractivity contribution >= 4 is 5.97 Å². The van der Waals surface area contributed by atoms with Gasteiger partial charge in [0.1, 0.15) is 6.10 Å². The second-order valence-corrected chi connectivity index (χ2v) is 13.2. The molecule has 33 heavy (non-hydrogen) atoms. The van der Waals surface area contributed by atoms with E-state index in [1.54, 1.807) is 12.5 Å². The molecule has 0 bridgehead atoms. The van der Waals surface area contributed by atoms with Crippen LogP contribution >= 0.6 is 0 Å². The molecule has 186 valence electrons. The molecule has 0 spiro atoms. The summed E-state index contributed by atoms with van der Waals surface area (Å²) in [6.45, 7) is 18.6. The monoisotopic (exact) mass is 454 g/mol. The number of carbonyl (C=O) groups excluding carboxylic acids is 1. The average molecular weight is 455 g/mol. The van der Waals surface area contributed by atoms with Gasteiger partial charge in [0, 0.05) is 6.92 Å². The fourth-order valence-electron chi connectivity index (χ4n) is 9.06. The van der Waals surface area contributed by atoms with E-state index in [4.69, 9.17) is 4.74 Å². The zero-order valence-corrected chi connectivity index (χ0v) is 22.7. The molecule has 0 N–H and O–H groups in total. The molecule has 3 saturated carbocycles. The van der Waals surface area contributed by atoms with E-state index in [0.717, 1.165) is 30.1 Å². The Balaban J connectivity index is 1.53. The summed E-state index contributed by atoms with van der Waals surface area (Å²) >= 11 is 0. The van der Waals surface area contributed by atoms with Gasteiger partial charge in [0.25, 0.3) is 0 Å². The van der Waals surface area contributed by atoms with Crippen molar-refractivity contribution in [2.24, 2.45) is 52.3 Å². The van der Waals surface area contributed by atoms with E-state index in [-0.39, 0.29) is 12.1 Å². The molecule has 9 atom stereocenters. The Morgan fingerprint density at radius 2 is 1.73 bits per heavy atom. The van der Waals surface area contributed by atoms with Gasteiger partial charge >= 0.3 is 5.97 Å². The first-order valence-electron chi connectivity index (χ1n) is 14.0. The smallest absolute Gasteiger partial charge is 0.302 e. The summed E-state index contributed by atoms with van der Waals surface area (Å²) in [6.07, 6.45) is 15.6. The van der Waals surface area contributed by atoms with Crippen molar-refractivity contribution in [3.63, 3.8) is 0 Å². The molecule has 0 heterocycles. The molecule has 0 amide bonds. The van der Waals surface area contributed by atoms with Crippen LogP contribution in [-0.2, 0) is 9.53 Å². The highest BCUT2D eigenvalue weighted by Crippen LogP contribution is 2.67. The van der Waals surface area contributed by atoms with Crippen LogP contribution in [0, 0.1) is 52.3 Å². The van der Waals surface area contributed by atoms with Gasteiger partial charge < -0.3 is 4.74 Å². The van der Waals surface area contributed by atoms with Gasteiger partial charge in [0.2, 0.25) is 0 Å². The third-order valence-electron chi connectivity index (χ3n) is 11.4. The quantitative estimate of drug-likeness (QED) is 0.308. The number of fused-ring (bicyclic) bond motifs is 5. The van der Waals surface area contributed by atoms with Crippen LogP contribution in [0.25, 0.3) is 0 Å². The second-order valence-electron chi connectivity index (χ2n) is 13.2. The first kappa shape index (κ1) is 25.1. The fourth-order valence-corrected chi connectivity index (χ4v) is 9.06. The SMILES string of the molecule is CC(=O)OC1CCC2(C)C3CCC4(C)C(CCC4C(C)CC=C(C)C(C)C)C3=CCC2C1C. The van der Waals surface area contributed by atoms with Gasteiger partial charge in [0.05, 0.1) is 0 Å². The molecule has 0 saturated heterocycles. The molecule has 0 aromatic carbocycles. The number of esters is 1. The minimum absolute atomic E-state index is 0.111. The third kappa shape index (κ3) is 4.27. The lowest BCUT2D eigenvalue weighted by Crippen LogP contribution is -2.53. The predicted molar refractivity (Wildman–Crippen MR) is 138 cm³/mol. The molecular formula is C31H50O2. The largest absolute Gasteiger partial charge is 0.462 e. The molecular weight excluding hydrogens is 404 g/mol. The Hall–Kier alpha value is -1.05. The molecule has 3 fully saturated rings. The van der Waals surface area contributed by atoms with Crippen LogP contribution in [0.2, 0.25) is 0 Å². The normalized spacial score (nSPS) is 43.9. The first-order chi connectivity index (χ1) is 15.5. The van der Waals surface area contributed by atoms with Crippen LogP contribution < -0.4 is 0 Å². The van der Waals surface area contributed by atoms with E-state index < -0.39 is 0 Å². The summed E-state index contributed by atoms with van der Waals surface area (Å²) in [7, 11) is 0. The number of ether oxygens (including phenoxy) is 1. The van der Waals surface area contributed by atoms with Crippen LogP contribution in [-0.4, -0.2) is 12.1 Å². The van der Waals surface area contributed by atoms with Gasteiger partial charge in [-0.25, -0.2) is 0 Å². The van der Waals surface area contributed by atoms with Crippen molar-refractivity contribution in [3.8, 4) is 0 Å². The molecule has 0 aliphatic heterocycles. The van der Waals surface area contributed by atoms with Gasteiger partial charge in [-0.3, -0.25) is 4.79 Å². The molecule has 0 radical (unpaired) electrons. The van der Waals surface area contributed by atoms with Gasteiger partial charge in [-0.1, -0.05) is 64.8 Å². The molecule has 4 rings (SSSR count). The van der Waals surface area contributed by atoms with Gasteiger partial charge in [-0.15, -0.1) is 0 Å². The number of rotatable bonds is 5. The van der Waals surface area contributed by atoms with Crippen molar-refractivity contribution in [3.05, 3.63) is 23.3 Å². The Kier molecular flexibility index (Phi) is 6.98. The van der Waals surface area contributed by atoms with Crippen molar-refractivity contribution in [1.29, 1.82) is 0 Å². The van der Waals surface area contributed by atoms with Gasteiger partial charge in [0.15, 0.2) is 0 Å². The lowest BCUT2D eigenvalue weighted by Gasteiger charge is -2.59. The van der Waals surface area contributed by atoms with Crippen LogP contribution in [0.4, 0.5) is 0 Å². The summed E-state index contributed by atoms with van der Waals surface area (Å²) in [5.74, 6) is 4.83. The highest BCUT2D eigenvalue weighted by atomic mass is 16.5. The molecule has 4 aliphatic carbocycles. The van der Waals surface area contributed by atoms with E-state index >= 15 is 0 Å². The third-order valence-corrected chi connectivity index (χ3v) is 11.4. The highest BCUT2D eigenvalue weighted by Gasteiger charge is 2.59. The summed E-state index contributed by atoms with van der Waals surface area (Å²) in [5, 5.41) is 0. The first-order valence-corrected chi connectivity index (χ1v) is 14.0. The summed E-state index contributed by atoms with van der Waals surface area (Å²) < 4.78 is 5.75. The standard InChI is InChI=1S/C31H50O2/c1-19(2)20(3)9-10-21(4)25-13-14-27-24-11-12-26-22(5)29(33-23(6)32)16-18-31(26,8)28(24)15-17-30(25,27)7/h9,11,19,21-22,25-29H,10,12-18H2,1-8H3. The molecule has 0 aromatic heterocycles. The van der Waals surface area contributed by atoms with E-state index in [1.807, 2.05) is 5.57 Å². The van der Waals surface area contributed by atoms with Crippen LogP contribution in [0.1, 0.15) is 107 Å². The number of hydrogen-bond acceptors (Lipinski definition) is 2. The summed E-state index contributed by atoms with van der Waals surface area (Å²) in [4.78, 5) is 11.7. The average Bonchev–Trinajstić information content (AvgIpc) is 3.11. The predicted octanol–water partition coefficient (Wildman–Crippen LogP) is 8.37. The highest BCUT2D eigenvalue weighted by molar-refractivity contribution is 5.66. The van der Waals surface area contributed by atoms with Crippen molar-refractivity contribution in [2.45, 2.75) is 113 Å². The van der Waals surface area contributed by atoms with E-state index in [1.165, 1.54) is 44.9 Å². The Labute approximate surface area is 204 Å². The lowest BCUT2D eigenvalue weighted by molar-refractivity contribution is -0.158. The summed E-state index contributed by atoms with van der Waals surface area (Å²) in [5.41, 5.74) is 4.25. The maximum atomic E-state index is 11.7. The molecule has 2 heteroatoms. The van der Waals surface area contributed by atoms with Crippen LogP contribution in [0.5, 0.6) is 0 Å². The van der Waals surface area contributed by atoms with Crippen molar-refractivity contribution in [1.82, 2.24) is 0 Å². The number of hydrogen-bond donors (Lipinski definition) is 0. The van der Waals surface area contributed by atoms with E-state index in [9.17, 15) is 4.79 Å². The maximum absolute atomic E-state index is 11.7. The van der Waals surface area contributed by atoms with Gasteiger partial charge in [-0.05, 0) is 111 Å². The lowest BCUT2D eigenvalue weighted by atomic mass is 9.46. The second kappa shape index (κ2) is 9.19. The van der Waals surface area contributed by atoms with Gasteiger partial charge in [-0.2, -0.15) is 0 Å². The molecule has 0 aromatic rings. The Morgan fingerprint density at radius 3 is 2.39 bits per heavy atom. The van der Waals surface area contributed by atoms with Crippen LogP contribution in [0.15, 0.2) is 23.3 Å². The molecule has 4 aliphatic rings. The fraction of sp³-hybridized carbons (Fsp3) is 0.839. The Bertz CT molecular complexity index is 806. The minimum Gasteiger partial charge on any atom is -0.462 e. The van der Waals surface area contributed by atoms with Crippen LogP contribution in [0.3, 0.4) is 0 Å². The minimum atomic E-state index is -0.111. The topological polar surface area (TPSA) is 26.3 Å². The zero-order valence-electron chi connectivity index (χ0n) is 22.7. The van der Waals surface area contributed by atoms with Crippen molar-refractivity contribution < 1.29 is 9.53 Å². The number of carbonyl (C=O) groups is 1. The van der Waals surface area contributed by atoms with Crippen molar-refractivity contribution in [2.75, 3.05) is 0 Å². The maximum Gasteiger partial charge on any atom is 0.302 e. The zero-order chi connectivity index (χ0) is 24.1. The number of allylic oxidation sites excluding steroid dienone is 4. The molecule has 9 unspecified atom stereocenters. The molecule has 2 nitrogen and oxygen atoms in total. The Morgan fingerprint density at radius 1 is 1.06 bits per heavy atom. The summed E-state index contributed by atoms with van der Waals surface area (Å²) in [6, 6.07) is 0. The van der Waals surface area contributed by atoms with E-state index in [2.05, 4.69) is 60.6 Å². The van der Waals surface area contributed by atoms with E-state index in [0.29, 0.717) is 28.6 Å².